The fraction of sp³-hybridized carbons (Fsp3) is 0.0526. The Hall–Kier alpha value is -3.34. The fourth-order valence-electron chi connectivity index (χ4n) is 2.35. The van der Waals surface area contributed by atoms with Crippen molar-refractivity contribution in [2.75, 3.05) is 0 Å². The molecule has 0 unspecified atom stereocenters. The molecular formula is C19H17N3O2. The van der Waals surface area contributed by atoms with Gasteiger partial charge in [0.05, 0.1) is 17.0 Å². The Bertz CT molecular complexity index is 866. The van der Waals surface area contributed by atoms with Crippen LogP contribution in [0.4, 0.5) is 0 Å². The molecule has 2 N–H and O–H groups in total. The van der Waals surface area contributed by atoms with Gasteiger partial charge in [0, 0.05) is 12.4 Å². The van der Waals surface area contributed by atoms with Crippen molar-refractivity contribution in [2.24, 2.45) is 5.10 Å². The summed E-state index contributed by atoms with van der Waals surface area (Å²) in [5.74, 6) is -0.0892. The molecule has 0 radical (unpaired) electrons. The number of rotatable bonds is 4. The van der Waals surface area contributed by atoms with Crippen LogP contribution >= 0.6 is 0 Å². The molecule has 5 nitrogen and oxygen atoms in total. The molecule has 0 bridgehead atoms. The number of aromatic hydroxyl groups is 1. The maximum atomic E-state index is 12.5. The molecule has 0 fully saturated rings. The highest BCUT2D eigenvalue weighted by Gasteiger charge is 2.11. The van der Waals surface area contributed by atoms with Gasteiger partial charge in [0.25, 0.3) is 5.91 Å². The van der Waals surface area contributed by atoms with Gasteiger partial charge in [-0.05, 0) is 61.0 Å². The van der Waals surface area contributed by atoms with E-state index < -0.39 is 0 Å². The normalized spacial score (nSPS) is 11.3. The van der Waals surface area contributed by atoms with Crippen LogP contribution in [0.2, 0.25) is 0 Å². The van der Waals surface area contributed by atoms with Crippen molar-refractivity contribution in [1.29, 1.82) is 0 Å². The average molecular weight is 319 g/mol. The van der Waals surface area contributed by atoms with Crippen molar-refractivity contribution in [1.82, 2.24) is 9.99 Å². The van der Waals surface area contributed by atoms with E-state index in [1.807, 2.05) is 47.3 Å². The number of hydrogen-bond donors (Lipinski definition) is 2. The van der Waals surface area contributed by atoms with Crippen molar-refractivity contribution >= 4 is 11.6 Å². The number of benzene rings is 2. The van der Waals surface area contributed by atoms with E-state index in [0.717, 1.165) is 11.3 Å². The lowest BCUT2D eigenvalue weighted by Crippen LogP contribution is -2.21. The summed E-state index contributed by atoms with van der Waals surface area (Å²) in [5, 5.41) is 13.5. The summed E-state index contributed by atoms with van der Waals surface area (Å²) in [6.45, 7) is 1.80. The topological polar surface area (TPSA) is 66.6 Å². The zero-order valence-electron chi connectivity index (χ0n) is 13.2. The first kappa shape index (κ1) is 15.6. The van der Waals surface area contributed by atoms with Crippen molar-refractivity contribution < 1.29 is 9.90 Å². The van der Waals surface area contributed by atoms with Crippen molar-refractivity contribution in [3.63, 3.8) is 0 Å². The Morgan fingerprint density at radius 1 is 1.00 bits per heavy atom. The molecule has 1 heterocycles. The fourth-order valence-corrected chi connectivity index (χ4v) is 2.35. The van der Waals surface area contributed by atoms with Crippen LogP contribution in [0, 0.1) is 0 Å². The van der Waals surface area contributed by atoms with Crippen LogP contribution in [-0.2, 0) is 0 Å². The first-order valence-electron chi connectivity index (χ1n) is 7.51. The summed E-state index contributed by atoms with van der Waals surface area (Å²) >= 11 is 0. The molecule has 0 saturated carbocycles. The second-order valence-corrected chi connectivity index (χ2v) is 5.29. The number of hydrogen-bond acceptors (Lipinski definition) is 3. The summed E-state index contributed by atoms with van der Waals surface area (Å²) in [4.78, 5) is 12.5. The van der Waals surface area contributed by atoms with Crippen LogP contribution in [0.25, 0.3) is 5.69 Å². The monoisotopic (exact) mass is 319 g/mol. The molecule has 3 aromatic rings. The summed E-state index contributed by atoms with van der Waals surface area (Å²) < 4.78 is 1.88. The molecule has 24 heavy (non-hydrogen) atoms. The van der Waals surface area contributed by atoms with Crippen molar-refractivity contribution in [3.05, 3.63) is 84.2 Å². The number of amides is 1. The van der Waals surface area contributed by atoms with E-state index in [2.05, 4.69) is 10.5 Å². The Balaban J connectivity index is 1.81. The van der Waals surface area contributed by atoms with Gasteiger partial charge in [-0.25, -0.2) is 5.43 Å². The Morgan fingerprint density at radius 3 is 2.38 bits per heavy atom. The van der Waals surface area contributed by atoms with Gasteiger partial charge in [-0.3, -0.25) is 4.79 Å². The van der Waals surface area contributed by atoms with E-state index >= 15 is 0 Å². The van der Waals surface area contributed by atoms with Crippen LogP contribution in [0.5, 0.6) is 5.75 Å². The van der Waals surface area contributed by atoms with Gasteiger partial charge < -0.3 is 9.67 Å². The lowest BCUT2D eigenvalue weighted by molar-refractivity contribution is 0.0955. The predicted molar refractivity (Wildman–Crippen MR) is 93.6 cm³/mol. The minimum Gasteiger partial charge on any atom is -0.508 e. The molecule has 120 valence electrons. The SMILES string of the molecule is C/C(=N/NC(=O)c1ccccc1-n1cccc1)c1ccc(O)cc1. The number of phenolic OH excluding ortho intramolecular Hbond substituents is 1. The van der Waals surface area contributed by atoms with Crippen LogP contribution < -0.4 is 5.43 Å². The van der Waals surface area contributed by atoms with Gasteiger partial charge in [-0.1, -0.05) is 12.1 Å². The number of carbonyl (C=O) groups excluding carboxylic acids is 1. The number of hydrazone groups is 1. The third-order valence-corrected chi connectivity index (χ3v) is 3.64. The average Bonchev–Trinajstić information content (AvgIpc) is 3.14. The summed E-state index contributed by atoms with van der Waals surface area (Å²) in [6.07, 6.45) is 3.77. The Morgan fingerprint density at radius 2 is 1.67 bits per heavy atom. The quantitative estimate of drug-likeness (QED) is 0.572. The number of para-hydroxylation sites is 1. The summed E-state index contributed by atoms with van der Waals surface area (Å²) in [7, 11) is 0. The third kappa shape index (κ3) is 3.35. The van der Waals surface area contributed by atoms with Crippen LogP contribution in [0.1, 0.15) is 22.8 Å². The third-order valence-electron chi connectivity index (χ3n) is 3.64. The highest BCUT2D eigenvalue weighted by molar-refractivity contribution is 6.02. The molecule has 5 heteroatoms. The van der Waals surface area contributed by atoms with E-state index in [0.29, 0.717) is 11.3 Å². The Labute approximate surface area is 139 Å². The summed E-state index contributed by atoms with van der Waals surface area (Å²) in [6, 6.07) is 17.8. The van der Waals surface area contributed by atoms with Gasteiger partial charge in [-0.15, -0.1) is 0 Å². The zero-order chi connectivity index (χ0) is 16.9. The lowest BCUT2D eigenvalue weighted by atomic mass is 10.1. The highest BCUT2D eigenvalue weighted by atomic mass is 16.3. The maximum Gasteiger partial charge on any atom is 0.273 e. The highest BCUT2D eigenvalue weighted by Crippen LogP contribution is 2.15. The van der Waals surface area contributed by atoms with Crippen molar-refractivity contribution in [2.45, 2.75) is 6.92 Å². The summed E-state index contributed by atoms with van der Waals surface area (Å²) in [5.41, 5.74) is 5.39. The van der Waals surface area contributed by atoms with E-state index in [1.165, 1.54) is 0 Å². The molecule has 1 amide bonds. The van der Waals surface area contributed by atoms with Gasteiger partial charge in [-0.2, -0.15) is 5.10 Å². The molecule has 0 saturated heterocycles. The first-order chi connectivity index (χ1) is 11.6. The van der Waals surface area contributed by atoms with E-state index in [4.69, 9.17) is 0 Å². The smallest absolute Gasteiger partial charge is 0.273 e. The van der Waals surface area contributed by atoms with E-state index in [-0.39, 0.29) is 11.7 Å². The maximum absolute atomic E-state index is 12.5. The zero-order valence-corrected chi connectivity index (χ0v) is 13.2. The van der Waals surface area contributed by atoms with Crippen LogP contribution in [-0.4, -0.2) is 21.3 Å². The largest absolute Gasteiger partial charge is 0.508 e. The number of aromatic nitrogens is 1. The first-order valence-corrected chi connectivity index (χ1v) is 7.51. The van der Waals surface area contributed by atoms with E-state index in [9.17, 15) is 9.90 Å². The van der Waals surface area contributed by atoms with Gasteiger partial charge >= 0.3 is 0 Å². The molecule has 0 aliphatic carbocycles. The molecule has 0 aliphatic rings. The second-order valence-electron chi connectivity index (χ2n) is 5.29. The standard InChI is InChI=1S/C19H17N3O2/c1-14(15-8-10-16(23)11-9-15)20-21-19(24)17-6-2-3-7-18(17)22-12-4-5-13-22/h2-13,23H,1H3,(H,21,24)/b20-14-. The van der Waals surface area contributed by atoms with Gasteiger partial charge in [0.2, 0.25) is 0 Å². The second kappa shape index (κ2) is 6.83. The molecule has 0 spiro atoms. The lowest BCUT2D eigenvalue weighted by Gasteiger charge is -2.09. The molecule has 0 atom stereocenters. The molecule has 0 aliphatic heterocycles. The molecule has 1 aromatic heterocycles. The molecule has 2 aromatic carbocycles. The minimum absolute atomic E-state index is 0.191. The Kier molecular flexibility index (Phi) is 4.43. The minimum atomic E-state index is -0.280. The number of carbonyl (C=O) groups is 1. The molecule has 3 rings (SSSR count). The van der Waals surface area contributed by atoms with E-state index in [1.54, 1.807) is 37.3 Å². The van der Waals surface area contributed by atoms with Gasteiger partial charge in [0.1, 0.15) is 5.75 Å². The molecular weight excluding hydrogens is 302 g/mol. The van der Waals surface area contributed by atoms with Crippen LogP contribution in [0.15, 0.2) is 78.2 Å². The van der Waals surface area contributed by atoms with Gasteiger partial charge in [0.15, 0.2) is 0 Å². The predicted octanol–water partition coefficient (Wildman–Crippen LogP) is 3.34. The van der Waals surface area contributed by atoms with Crippen LogP contribution in [0.3, 0.4) is 0 Å². The number of nitrogens with one attached hydrogen (secondary N) is 1. The number of nitrogens with zero attached hydrogens (tertiary/aromatic N) is 2. The van der Waals surface area contributed by atoms with Crippen molar-refractivity contribution in [3.8, 4) is 11.4 Å². The number of phenols is 1.